The number of rotatable bonds is 5. The average molecular weight is 414 g/mol. The highest BCUT2D eigenvalue weighted by atomic mass is 32.2. The SMILES string of the molecule is Cc1nn2c(NC(=O)CSc3nnc(-c4cccnc4)n3C)csc2nc1=O. The summed E-state index contributed by atoms with van der Waals surface area (Å²) in [6, 6.07) is 3.72. The second-order valence-corrected chi connectivity index (χ2v) is 7.54. The first kappa shape index (κ1) is 18.3. The number of pyridine rings is 1. The summed E-state index contributed by atoms with van der Waals surface area (Å²) in [5, 5.41) is 17.6. The maximum Gasteiger partial charge on any atom is 0.295 e. The molecule has 0 spiro atoms. The van der Waals surface area contributed by atoms with Gasteiger partial charge in [0, 0.05) is 30.4 Å². The van der Waals surface area contributed by atoms with Crippen molar-refractivity contribution >= 4 is 39.8 Å². The van der Waals surface area contributed by atoms with Crippen molar-refractivity contribution < 1.29 is 4.79 Å². The Morgan fingerprint density at radius 1 is 1.36 bits per heavy atom. The second kappa shape index (κ2) is 7.48. The molecule has 1 N–H and O–H groups in total. The summed E-state index contributed by atoms with van der Waals surface area (Å²) in [7, 11) is 1.84. The highest BCUT2D eigenvalue weighted by Crippen LogP contribution is 2.22. The molecule has 0 fully saturated rings. The summed E-state index contributed by atoms with van der Waals surface area (Å²) >= 11 is 2.50. The monoisotopic (exact) mass is 414 g/mol. The van der Waals surface area contributed by atoms with E-state index < -0.39 is 0 Å². The van der Waals surface area contributed by atoms with Gasteiger partial charge in [-0.25, -0.2) is 0 Å². The molecule has 0 saturated heterocycles. The van der Waals surface area contributed by atoms with Gasteiger partial charge in [-0.1, -0.05) is 11.8 Å². The Balaban J connectivity index is 1.45. The Bertz CT molecular complexity index is 1210. The molecule has 4 rings (SSSR count). The molecular formula is C16H14N8O2S2. The van der Waals surface area contributed by atoms with E-state index in [-0.39, 0.29) is 22.9 Å². The van der Waals surface area contributed by atoms with E-state index >= 15 is 0 Å². The van der Waals surface area contributed by atoms with Gasteiger partial charge in [0.1, 0.15) is 11.5 Å². The number of carbonyl (C=O) groups is 1. The minimum Gasteiger partial charge on any atom is -0.309 e. The van der Waals surface area contributed by atoms with Crippen molar-refractivity contribution in [3.63, 3.8) is 0 Å². The Hall–Kier alpha value is -3.12. The Labute approximate surface area is 166 Å². The molecule has 0 aliphatic heterocycles. The van der Waals surface area contributed by atoms with Crippen LogP contribution in [0, 0.1) is 6.92 Å². The van der Waals surface area contributed by atoms with Gasteiger partial charge in [-0.3, -0.25) is 14.6 Å². The van der Waals surface area contributed by atoms with E-state index in [2.05, 4.69) is 30.6 Å². The van der Waals surface area contributed by atoms with Crippen LogP contribution in [0.15, 0.2) is 39.9 Å². The van der Waals surface area contributed by atoms with E-state index in [0.29, 0.717) is 21.8 Å². The molecular weight excluding hydrogens is 400 g/mol. The number of aryl methyl sites for hydroxylation is 1. The molecule has 4 heterocycles. The summed E-state index contributed by atoms with van der Waals surface area (Å²) in [6.07, 6.45) is 3.40. The fourth-order valence-corrected chi connectivity index (χ4v) is 3.88. The van der Waals surface area contributed by atoms with Crippen molar-refractivity contribution in [2.24, 2.45) is 7.05 Å². The first-order chi connectivity index (χ1) is 13.5. The molecule has 0 unspecified atom stereocenters. The molecule has 10 nitrogen and oxygen atoms in total. The molecule has 4 aromatic heterocycles. The maximum absolute atomic E-state index is 12.3. The summed E-state index contributed by atoms with van der Waals surface area (Å²) in [4.78, 5) is 32.3. The third-order valence-electron chi connectivity index (χ3n) is 3.80. The molecule has 0 atom stereocenters. The first-order valence-corrected chi connectivity index (χ1v) is 9.97. The summed E-state index contributed by atoms with van der Waals surface area (Å²) in [5.74, 6) is 1.06. The summed E-state index contributed by atoms with van der Waals surface area (Å²) in [5.41, 5.74) is 0.742. The topological polar surface area (TPSA) is 120 Å². The standard InChI is InChI=1S/C16H14N8O2S2/c1-9-14(26)19-15-24(22-9)11(7-27-15)18-12(25)8-28-16-21-20-13(23(16)2)10-4-3-5-17-6-10/h3-7H,8H2,1-2H3,(H,18,25). The second-order valence-electron chi connectivity index (χ2n) is 5.76. The number of hydrogen-bond donors (Lipinski definition) is 1. The zero-order valence-electron chi connectivity index (χ0n) is 14.9. The van der Waals surface area contributed by atoms with Crippen LogP contribution in [-0.4, -0.2) is 46.0 Å². The number of thiazole rings is 1. The van der Waals surface area contributed by atoms with Crippen molar-refractivity contribution in [3.8, 4) is 11.4 Å². The normalized spacial score (nSPS) is 11.1. The van der Waals surface area contributed by atoms with Crippen molar-refractivity contribution in [3.05, 3.63) is 46.0 Å². The predicted octanol–water partition coefficient (Wildman–Crippen LogP) is 1.38. The molecule has 142 valence electrons. The Morgan fingerprint density at radius 3 is 3.00 bits per heavy atom. The molecule has 28 heavy (non-hydrogen) atoms. The molecule has 0 aromatic carbocycles. The largest absolute Gasteiger partial charge is 0.309 e. The van der Waals surface area contributed by atoms with E-state index in [4.69, 9.17) is 0 Å². The molecule has 0 aliphatic rings. The zero-order valence-corrected chi connectivity index (χ0v) is 16.5. The molecule has 0 bridgehead atoms. The lowest BCUT2D eigenvalue weighted by Gasteiger charge is -2.05. The third-order valence-corrected chi connectivity index (χ3v) is 5.63. The minimum absolute atomic E-state index is 0.142. The number of nitrogens with zero attached hydrogens (tertiary/aromatic N) is 7. The number of carbonyl (C=O) groups excluding carboxylic acids is 1. The third kappa shape index (κ3) is 3.51. The van der Waals surface area contributed by atoms with Crippen molar-refractivity contribution in [1.82, 2.24) is 34.3 Å². The number of aromatic nitrogens is 7. The van der Waals surface area contributed by atoms with Crippen LogP contribution >= 0.6 is 23.1 Å². The highest BCUT2D eigenvalue weighted by Gasteiger charge is 2.15. The fraction of sp³-hybridized carbons (Fsp3) is 0.188. The van der Waals surface area contributed by atoms with Gasteiger partial charge in [0.05, 0.1) is 5.75 Å². The molecule has 0 radical (unpaired) electrons. The van der Waals surface area contributed by atoms with E-state index in [1.807, 2.05) is 23.7 Å². The van der Waals surface area contributed by atoms with Crippen LogP contribution in [0.1, 0.15) is 5.69 Å². The lowest BCUT2D eigenvalue weighted by Crippen LogP contribution is -2.19. The van der Waals surface area contributed by atoms with Crippen LogP contribution in [0.2, 0.25) is 0 Å². The lowest BCUT2D eigenvalue weighted by molar-refractivity contribution is -0.113. The average Bonchev–Trinajstić information content (AvgIpc) is 3.25. The quantitative estimate of drug-likeness (QED) is 0.486. The van der Waals surface area contributed by atoms with E-state index in [0.717, 1.165) is 5.56 Å². The van der Waals surface area contributed by atoms with Crippen LogP contribution in [-0.2, 0) is 11.8 Å². The first-order valence-electron chi connectivity index (χ1n) is 8.10. The van der Waals surface area contributed by atoms with E-state index in [1.165, 1.54) is 27.6 Å². The van der Waals surface area contributed by atoms with Crippen LogP contribution in [0.4, 0.5) is 5.82 Å². The highest BCUT2D eigenvalue weighted by molar-refractivity contribution is 7.99. The van der Waals surface area contributed by atoms with E-state index in [1.54, 1.807) is 24.7 Å². The van der Waals surface area contributed by atoms with Gasteiger partial charge >= 0.3 is 0 Å². The molecule has 12 heteroatoms. The molecule has 0 saturated carbocycles. The predicted molar refractivity (Wildman–Crippen MR) is 105 cm³/mol. The lowest BCUT2D eigenvalue weighted by atomic mass is 10.3. The van der Waals surface area contributed by atoms with Gasteiger partial charge in [-0.15, -0.1) is 21.5 Å². The molecule has 4 aromatic rings. The van der Waals surface area contributed by atoms with Crippen LogP contribution in [0.25, 0.3) is 16.3 Å². The van der Waals surface area contributed by atoms with Gasteiger partial charge in [-0.2, -0.15) is 14.6 Å². The van der Waals surface area contributed by atoms with Crippen molar-refractivity contribution in [1.29, 1.82) is 0 Å². The number of thioether (sulfide) groups is 1. The van der Waals surface area contributed by atoms with Crippen LogP contribution in [0.3, 0.4) is 0 Å². The fourth-order valence-electron chi connectivity index (χ4n) is 2.42. The number of anilines is 1. The van der Waals surface area contributed by atoms with E-state index in [9.17, 15) is 9.59 Å². The minimum atomic E-state index is -0.373. The Kier molecular flexibility index (Phi) is 4.88. The number of hydrogen-bond acceptors (Lipinski definition) is 9. The van der Waals surface area contributed by atoms with Gasteiger partial charge in [0.2, 0.25) is 10.9 Å². The van der Waals surface area contributed by atoms with Gasteiger partial charge in [0.15, 0.2) is 11.0 Å². The van der Waals surface area contributed by atoms with Gasteiger partial charge in [0.25, 0.3) is 5.56 Å². The van der Waals surface area contributed by atoms with Gasteiger partial charge < -0.3 is 9.88 Å². The van der Waals surface area contributed by atoms with Crippen LogP contribution in [0.5, 0.6) is 0 Å². The smallest absolute Gasteiger partial charge is 0.295 e. The van der Waals surface area contributed by atoms with Crippen LogP contribution < -0.4 is 10.9 Å². The summed E-state index contributed by atoms with van der Waals surface area (Å²) in [6.45, 7) is 1.58. The van der Waals surface area contributed by atoms with Crippen molar-refractivity contribution in [2.75, 3.05) is 11.1 Å². The van der Waals surface area contributed by atoms with Gasteiger partial charge in [-0.05, 0) is 19.1 Å². The molecule has 1 amide bonds. The Morgan fingerprint density at radius 2 is 2.21 bits per heavy atom. The summed E-state index contributed by atoms with van der Waals surface area (Å²) < 4.78 is 3.26. The molecule has 0 aliphatic carbocycles. The number of amides is 1. The number of fused-ring (bicyclic) bond motifs is 1. The maximum atomic E-state index is 12.3. The number of nitrogens with one attached hydrogen (secondary N) is 1. The van der Waals surface area contributed by atoms with Crippen molar-refractivity contribution in [2.45, 2.75) is 12.1 Å². The zero-order chi connectivity index (χ0) is 19.7.